The van der Waals surface area contributed by atoms with Gasteiger partial charge in [-0.1, -0.05) is 25.0 Å². The number of hydrogen-bond donors (Lipinski definition) is 3. The van der Waals surface area contributed by atoms with E-state index in [4.69, 9.17) is 16.6 Å². The molecule has 1 saturated heterocycles. The molecule has 35 heavy (non-hydrogen) atoms. The SMILES string of the molecule is CC#CCN1CCC[C@H]1c1nc(-c2ccc(C(=O)Nc3cc(CC)ccn3)cc2)c(C(N)=O)n1N. The van der Waals surface area contributed by atoms with Gasteiger partial charge in [0.2, 0.25) is 0 Å². The van der Waals surface area contributed by atoms with Gasteiger partial charge >= 0.3 is 0 Å². The fraction of sp³-hybridized carbons (Fsp3) is 0.308. The van der Waals surface area contributed by atoms with Crippen LogP contribution >= 0.6 is 0 Å². The van der Waals surface area contributed by atoms with Crippen LogP contribution in [0, 0.1) is 11.8 Å². The summed E-state index contributed by atoms with van der Waals surface area (Å²) in [6.45, 7) is 5.33. The second kappa shape index (κ2) is 10.4. The normalized spacial score (nSPS) is 15.4. The highest BCUT2D eigenvalue weighted by Gasteiger charge is 2.32. The number of pyridine rings is 1. The van der Waals surface area contributed by atoms with E-state index < -0.39 is 5.91 Å². The number of likely N-dealkylation sites (tertiary alicyclic amines) is 1. The van der Waals surface area contributed by atoms with Crippen molar-refractivity contribution in [1.82, 2.24) is 19.5 Å². The van der Waals surface area contributed by atoms with Gasteiger partial charge in [-0.2, -0.15) is 0 Å². The minimum atomic E-state index is -0.664. The molecular weight excluding hydrogens is 442 g/mol. The molecule has 3 aromatic rings. The molecule has 5 N–H and O–H groups in total. The summed E-state index contributed by atoms with van der Waals surface area (Å²) in [5.41, 5.74) is 8.38. The molecule has 2 aromatic heterocycles. The number of amides is 2. The van der Waals surface area contributed by atoms with Crippen molar-refractivity contribution in [2.45, 2.75) is 39.2 Å². The fourth-order valence-electron chi connectivity index (χ4n) is 4.34. The summed E-state index contributed by atoms with van der Waals surface area (Å²) in [4.78, 5) is 36.2. The number of nitrogens with two attached hydrogens (primary N) is 2. The Balaban J connectivity index is 1.61. The Morgan fingerprint density at radius 1 is 1.23 bits per heavy atom. The number of primary amides is 1. The molecule has 9 heteroatoms. The van der Waals surface area contributed by atoms with Gasteiger partial charge in [0, 0.05) is 17.3 Å². The van der Waals surface area contributed by atoms with Gasteiger partial charge in [0.25, 0.3) is 11.8 Å². The van der Waals surface area contributed by atoms with Crippen LogP contribution in [0.5, 0.6) is 0 Å². The molecule has 180 valence electrons. The summed E-state index contributed by atoms with van der Waals surface area (Å²) in [5, 5.41) is 2.81. The molecule has 1 fully saturated rings. The Labute approximate surface area is 204 Å². The molecule has 1 aromatic carbocycles. The van der Waals surface area contributed by atoms with Crippen molar-refractivity contribution < 1.29 is 9.59 Å². The molecule has 0 radical (unpaired) electrons. The van der Waals surface area contributed by atoms with Crippen LogP contribution in [0.15, 0.2) is 42.6 Å². The van der Waals surface area contributed by atoms with Crippen LogP contribution in [0.4, 0.5) is 5.82 Å². The van der Waals surface area contributed by atoms with Gasteiger partial charge < -0.3 is 16.9 Å². The van der Waals surface area contributed by atoms with E-state index in [1.54, 1.807) is 37.4 Å². The average Bonchev–Trinajstić information content (AvgIpc) is 3.46. The van der Waals surface area contributed by atoms with Crippen LogP contribution in [0.25, 0.3) is 11.3 Å². The van der Waals surface area contributed by atoms with Gasteiger partial charge in [-0.25, -0.2) is 14.6 Å². The molecule has 2 amide bonds. The molecule has 3 heterocycles. The predicted molar refractivity (Wildman–Crippen MR) is 135 cm³/mol. The smallest absolute Gasteiger partial charge is 0.269 e. The molecule has 0 spiro atoms. The number of nitrogens with one attached hydrogen (secondary N) is 1. The Bertz CT molecular complexity index is 1300. The number of aromatic nitrogens is 3. The summed E-state index contributed by atoms with van der Waals surface area (Å²) < 4.78 is 1.30. The van der Waals surface area contributed by atoms with Crippen molar-refractivity contribution >= 4 is 17.6 Å². The van der Waals surface area contributed by atoms with Crippen molar-refractivity contribution in [2.75, 3.05) is 24.2 Å². The minimum absolute atomic E-state index is 0.0517. The number of carbonyl (C=O) groups excluding carboxylic acids is 2. The number of nitrogens with zero attached hydrogens (tertiary/aromatic N) is 4. The first-order chi connectivity index (χ1) is 16.9. The Morgan fingerprint density at radius 2 is 2.00 bits per heavy atom. The molecule has 1 aliphatic heterocycles. The topological polar surface area (TPSA) is 132 Å². The summed E-state index contributed by atoms with van der Waals surface area (Å²) in [6.07, 6.45) is 4.38. The summed E-state index contributed by atoms with van der Waals surface area (Å²) in [7, 11) is 0. The molecular formula is C26H29N7O2. The Hall–Kier alpha value is -4.16. The van der Waals surface area contributed by atoms with Crippen LogP contribution < -0.4 is 16.9 Å². The lowest BCUT2D eigenvalue weighted by Gasteiger charge is -2.21. The Kier molecular flexibility index (Phi) is 7.13. The largest absolute Gasteiger partial charge is 0.364 e. The summed E-state index contributed by atoms with van der Waals surface area (Å²) in [6, 6.07) is 10.5. The van der Waals surface area contributed by atoms with Gasteiger partial charge in [0.1, 0.15) is 17.3 Å². The van der Waals surface area contributed by atoms with E-state index in [2.05, 4.69) is 27.0 Å². The number of anilines is 1. The number of benzene rings is 1. The first-order valence-electron chi connectivity index (χ1n) is 11.6. The zero-order valence-corrected chi connectivity index (χ0v) is 19.9. The molecule has 0 saturated carbocycles. The number of hydrogen-bond acceptors (Lipinski definition) is 6. The van der Waals surface area contributed by atoms with Crippen molar-refractivity contribution in [1.29, 1.82) is 0 Å². The second-order valence-electron chi connectivity index (χ2n) is 8.39. The van der Waals surface area contributed by atoms with Crippen LogP contribution in [-0.2, 0) is 6.42 Å². The lowest BCUT2D eigenvalue weighted by atomic mass is 10.1. The van der Waals surface area contributed by atoms with Crippen molar-refractivity contribution in [3.63, 3.8) is 0 Å². The number of carbonyl (C=O) groups is 2. The lowest BCUT2D eigenvalue weighted by molar-refractivity contribution is 0.0991. The number of nitrogen functional groups attached to an aromatic ring is 1. The highest BCUT2D eigenvalue weighted by molar-refractivity contribution is 6.04. The van der Waals surface area contributed by atoms with Crippen molar-refractivity contribution in [3.8, 4) is 23.1 Å². The van der Waals surface area contributed by atoms with Crippen molar-refractivity contribution in [3.05, 3.63) is 65.2 Å². The molecule has 1 atom stereocenters. The fourth-order valence-corrected chi connectivity index (χ4v) is 4.34. The van der Waals surface area contributed by atoms with E-state index in [1.165, 1.54) is 4.68 Å². The predicted octanol–water partition coefficient (Wildman–Crippen LogP) is 2.73. The molecule has 4 rings (SSSR count). The monoisotopic (exact) mass is 471 g/mol. The maximum atomic E-state index is 12.7. The first kappa shape index (κ1) is 24.0. The minimum Gasteiger partial charge on any atom is -0.364 e. The van der Waals surface area contributed by atoms with Gasteiger partial charge in [-0.05, 0) is 62.6 Å². The van der Waals surface area contributed by atoms with Gasteiger partial charge in [0.05, 0.1) is 12.6 Å². The summed E-state index contributed by atoms with van der Waals surface area (Å²) >= 11 is 0. The summed E-state index contributed by atoms with van der Waals surface area (Å²) in [5.74, 6) is 12.5. The zero-order chi connectivity index (χ0) is 24.9. The van der Waals surface area contributed by atoms with Gasteiger partial charge in [-0.3, -0.25) is 14.5 Å². The number of aryl methyl sites for hydroxylation is 1. The zero-order valence-electron chi connectivity index (χ0n) is 19.9. The average molecular weight is 472 g/mol. The first-order valence-corrected chi connectivity index (χ1v) is 11.6. The Morgan fingerprint density at radius 3 is 2.69 bits per heavy atom. The maximum absolute atomic E-state index is 12.7. The van der Waals surface area contributed by atoms with E-state index in [0.29, 0.717) is 35.0 Å². The standard InChI is InChI=1S/C26H29N7O2/c1-3-5-14-32-15-6-7-20(32)25-31-22(23(24(27)34)33(25)28)18-8-10-19(11-9-18)26(35)30-21-16-17(4-2)12-13-29-21/h8-13,16,20H,4,6-7,14-15,28H2,1-2H3,(H2,27,34)(H,29,30,35)/t20-/m0/s1. The quantitative estimate of drug-likeness (QED) is 0.359. The third-order valence-electron chi connectivity index (χ3n) is 6.19. The number of rotatable bonds is 7. The van der Waals surface area contributed by atoms with Crippen LogP contribution in [0.2, 0.25) is 0 Å². The molecule has 0 aliphatic carbocycles. The van der Waals surface area contributed by atoms with E-state index in [0.717, 1.165) is 31.4 Å². The molecule has 0 unspecified atom stereocenters. The van der Waals surface area contributed by atoms with E-state index in [9.17, 15) is 9.59 Å². The van der Waals surface area contributed by atoms with Crippen LogP contribution in [0.1, 0.15) is 65.0 Å². The third kappa shape index (κ3) is 5.03. The van der Waals surface area contributed by atoms with Gasteiger partial charge in [0.15, 0.2) is 5.69 Å². The third-order valence-corrected chi connectivity index (χ3v) is 6.19. The molecule has 1 aliphatic rings. The van der Waals surface area contributed by atoms with Crippen molar-refractivity contribution in [2.24, 2.45) is 5.73 Å². The highest BCUT2D eigenvalue weighted by atomic mass is 16.2. The maximum Gasteiger partial charge on any atom is 0.269 e. The van der Waals surface area contributed by atoms with Crippen LogP contribution in [0.3, 0.4) is 0 Å². The van der Waals surface area contributed by atoms with E-state index >= 15 is 0 Å². The van der Waals surface area contributed by atoms with Crippen LogP contribution in [-0.4, -0.2) is 44.4 Å². The molecule has 0 bridgehead atoms. The van der Waals surface area contributed by atoms with Gasteiger partial charge in [-0.15, -0.1) is 5.92 Å². The highest BCUT2D eigenvalue weighted by Crippen LogP contribution is 2.33. The number of imidazole rings is 1. The lowest BCUT2D eigenvalue weighted by Crippen LogP contribution is -2.30. The molecule has 9 nitrogen and oxygen atoms in total. The second-order valence-corrected chi connectivity index (χ2v) is 8.39. The van der Waals surface area contributed by atoms with E-state index in [-0.39, 0.29) is 17.6 Å². The van der Waals surface area contributed by atoms with E-state index in [1.807, 2.05) is 19.1 Å².